The molecule has 0 saturated heterocycles. The molecule has 0 unspecified atom stereocenters. The van der Waals surface area contributed by atoms with Gasteiger partial charge in [0.25, 0.3) is 0 Å². The molecule has 1 aromatic heterocycles. The summed E-state index contributed by atoms with van der Waals surface area (Å²) in [7, 11) is -3.83. The van der Waals surface area contributed by atoms with Crippen LogP contribution in [-0.2, 0) is 9.84 Å². The van der Waals surface area contributed by atoms with E-state index in [0.29, 0.717) is 0 Å². The third-order valence-corrected chi connectivity index (χ3v) is 4.40. The molecule has 0 atom stereocenters. The van der Waals surface area contributed by atoms with E-state index in [1.165, 1.54) is 0 Å². The van der Waals surface area contributed by atoms with Crippen molar-refractivity contribution < 1.29 is 13.1 Å². The van der Waals surface area contributed by atoms with Gasteiger partial charge in [-0.2, -0.15) is 0 Å². The maximum absolute atomic E-state index is 11.4. The number of halogens is 4. The average Bonchev–Trinajstić information content (AvgIpc) is 2.09. The zero-order valence-electron chi connectivity index (χ0n) is 7.09. The van der Waals surface area contributed by atoms with Crippen LogP contribution in [-0.4, -0.2) is 14.7 Å². The fourth-order valence-electron chi connectivity index (χ4n) is 0.862. The number of nitrogens with zero attached hydrogens (tertiary/aromatic N) is 1. The number of aromatic nitrogens is 1. The van der Waals surface area contributed by atoms with Gasteiger partial charge in [-0.1, -0.05) is 34.8 Å². The number of hydrogen-bond donors (Lipinski definition) is 0. The van der Waals surface area contributed by atoms with Crippen LogP contribution in [0.5, 0.6) is 0 Å². The Hall–Kier alpha value is 0.0600. The zero-order chi connectivity index (χ0) is 12.0. The minimum Gasteiger partial charge on any atom is -0.617 e. The molecule has 84 valence electrons. The summed E-state index contributed by atoms with van der Waals surface area (Å²) in [5.41, 5.74) is 0. The van der Waals surface area contributed by atoms with Crippen LogP contribution in [0, 0.1) is 5.21 Å². The van der Waals surface area contributed by atoms with Gasteiger partial charge in [0.05, 0.1) is 5.02 Å². The SMILES string of the molecule is CS(=O)(=O)c1c(Cl)c(Cl)c(Cl)c(Cl)[n+]1[O-]. The lowest BCUT2D eigenvalue weighted by atomic mass is 10.5. The van der Waals surface area contributed by atoms with Gasteiger partial charge in [0.1, 0.15) is 10.0 Å². The molecule has 0 N–H and O–H groups in total. The van der Waals surface area contributed by atoms with Crippen molar-refractivity contribution in [2.75, 3.05) is 6.26 Å². The average molecular weight is 311 g/mol. The molecule has 1 heterocycles. The summed E-state index contributed by atoms with van der Waals surface area (Å²) in [4.78, 5) is 0. The van der Waals surface area contributed by atoms with Crippen LogP contribution in [0.3, 0.4) is 0 Å². The van der Waals surface area contributed by atoms with E-state index in [-0.39, 0.29) is 14.8 Å². The molecule has 0 aliphatic rings. The summed E-state index contributed by atoms with van der Waals surface area (Å²) in [6, 6.07) is 0. The first-order valence-electron chi connectivity index (χ1n) is 3.33. The van der Waals surface area contributed by atoms with Crippen LogP contribution in [0.15, 0.2) is 5.03 Å². The lowest BCUT2D eigenvalue weighted by Gasteiger charge is -2.08. The van der Waals surface area contributed by atoms with Crippen molar-refractivity contribution in [1.29, 1.82) is 0 Å². The largest absolute Gasteiger partial charge is 0.617 e. The molecule has 0 saturated carbocycles. The van der Waals surface area contributed by atoms with E-state index in [9.17, 15) is 13.6 Å². The molecule has 1 aromatic rings. The Kier molecular flexibility index (Phi) is 3.63. The van der Waals surface area contributed by atoms with Gasteiger partial charge in [0, 0.05) is 6.26 Å². The van der Waals surface area contributed by atoms with Gasteiger partial charge in [0.2, 0.25) is 9.84 Å². The predicted octanol–water partition coefficient (Wildman–Crippen LogP) is 2.34. The molecule has 4 nitrogen and oxygen atoms in total. The highest BCUT2D eigenvalue weighted by Gasteiger charge is 2.31. The first-order chi connectivity index (χ1) is 6.68. The third-order valence-electron chi connectivity index (χ3n) is 1.47. The highest BCUT2D eigenvalue weighted by molar-refractivity contribution is 7.90. The number of rotatable bonds is 1. The summed E-state index contributed by atoms with van der Waals surface area (Å²) in [5.74, 6) is 0. The fourth-order valence-corrected chi connectivity index (χ4v) is 3.01. The highest BCUT2D eigenvalue weighted by Crippen LogP contribution is 2.36. The minimum absolute atomic E-state index is 0.0760. The molecule has 1 rings (SSSR count). The zero-order valence-corrected chi connectivity index (χ0v) is 10.9. The summed E-state index contributed by atoms with van der Waals surface area (Å²) >= 11 is 22.2. The lowest BCUT2D eigenvalue weighted by Crippen LogP contribution is -2.36. The monoisotopic (exact) mass is 309 g/mol. The predicted molar refractivity (Wildman–Crippen MR) is 58.6 cm³/mol. The molecular weight excluding hydrogens is 308 g/mol. The van der Waals surface area contributed by atoms with E-state index in [1.807, 2.05) is 0 Å². The number of sulfone groups is 1. The van der Waals surface area contributed by atoms with E-state index in [2.05, 4.69) is 0 Å². The van der Waals surface area contributed by atoms with Gasteiger partial charge in [-0.05, 0) is 11.6 Å². The maximum Gasteiger partial charge on any atom is 0.329 e. The van der Waals surface area contributed by atoms with Crippen LogP contribution < -0.4 is 4.73 Å². The first kappa shape index (κ1) is 13.1. The molecule has 0 spiro atoms. The number of hydrogen-bond acceptors (Lipinski definition) is 3. The van der Waals surface area contributed by atoms with Crippen LogP contribution in [0.4, 0.5) is 0 Å². The van der Waals surface area contributed by atoms with E-state index >= 15 is 0 Å². The molecule has 0 aromatic carbocycles. The van der Waals surface area contributed by atoms with Crippen LogP contribution in [0.1, 0.15) is 0 Å². The van der Waals surface area contributed by atoms with Gasteiger partial charge in [-0.25, -0.2) is 8.42 Å². The van der Waals surface area contributed by atoms with Crippen molar-refractivity contribution in [3.8, 4) is 0 Å². The summed E-state index contributed by atoms with van der Waals surface area (Å²) in [6.07, 6.45) is 0.809. The summed E-state index contributed by atoms with van der Waals surface area (Å²) in [5, 5.41) is 9.14. The molecule has 0 amide bonds. The van der Waals surface area contributed by atoms with Gasteiger partial charge in [-0.3, -0.25) is 0 Å². The molecular formula is C6H3Cl4NO3S. The van der Waals surface area contributed by atoms with Crippen molar-refractivity contribution in [3.05, 3.63) is 25.4 Å². The number of pyridine rings is 1. The Labute approximate surface area is 106 Å². The van der Waals surface area contributed by atoms with Crippen molar-refractivity contribution >= 4 is 56.2 Å². The summed E-state index contributed by atoms with van der Waals surface area (Å²) in [6.45, 7) is 0. The smallest absolute Gasteiger partial charge is 0.329 e. The topological polar surface area (TPSA) is 61.1 Å². The van der Waals surface area contributed by atoms with Crippen molar-refractivity contribution in [2.45, 2.75) is 5.03 Å². The second kappa shape index (κ2) is 4.14. The third kappa shape index (κ3) is 2.26. The Balaban J connectivity index is 3.84. The lowest BCUT2D eigenvalue weighted by molar-refractivity contribution is -0.643. The Bertz CT molecular complexity index is 499. The fraction of sp³-hybridized carbons (Fsp3) is 0.167. The van der Waals surface area contributed by atoms with E-state index in [1.54, 1.807) is 0 Å². The van der Waals surface area contributed by atoms with Crippen molar-refractivity contribution in [1.82, 2.24) is 0 Å². The second-order valence-electron chi connectivity index (χ2n) is 2.60. The van der Waals surface area contributed by atoms with E-state index < -0.39 is 25.0 Å². The molecule has 0 fully saturated rings. The van der Waals surface area contributed by atoms with Crippen molar-refractivity contribution in [3.63, 3.8) is 0 Å². The molecule has 15 heavy (non-hydrogen) atoms. The van der Waals surface area contributed by atoms with E-state index in [4.69, 9.17) is 46.4 Å². The van der Waals surface area contributed by atoms with Gasteiger partial charge >= 0.3 is 10.2 Å². The standard InChI is InChI=1S/C6H3Cl4NO3S/c1-15(13,14)6-4(9)2(7)3(8)5(10)11(6)12/h1H3. The first-order valence-corrected chi connectivity index (χ1v) is 6.73. The maximum atomic E-state index is 11.4. The van der Waals surface area contributed by atoms with Gasteiger partial charge in [-0.15, -0.1) is 4.73 Å². The molecule has 0 aliphatic carbocycles. The van der Waals surface area contributed by atoms with E-state index in [0.717, 1.165) is 6.26 Å². The highest BCUT2D eigenvalue weighted by atomic mass is 35.5. The van der Waals surface area contributed by atoms with Gasteiger partial charge < -0.3 is 5.21 Å². The Morgan fingerprint density at radius 3 is 1.93 bits per heavy atom. The Morgan fingerprint density at radius 2 is 1.53 bits per heavy atom. The Morgan fingerprint density at radius 1 is 1.07 bits per heavy atom. The van der Waals surface area contributed by atoms with Crippen LogP contribution in [0.25, 0.3) is 0 Å². The molecule has 0 aliphatic heterocycles. The molecule has 9 heteroatoms. The molecule has 0 radical (unpaired) electrons. The quantitative estimate of drug-likeness (QED) is 0.454. The van der Waals surface area contributed by atoms with Crippen LogP contribution in [0.2, 0.25) is 20.2 Å². The van der Waals surface area contributed by atoms with Crippen molar-refractivity contribution in [2.24, 2.45) is 0 Å². The summed E-state index contributed by atoms with van der Waals surface area (Å²) < 4.78 is 22.4. The normalized spacial score (nSPS) is 11.8. The minimum atomic E-state index is -3.83. The second-order valence-corrected chi connectivity index (χ2v) is 6.03. The van der Waals surface area contributed by atoms with Crippen LogP contribution >= 0.6 is 46.4 Å². The van der Waals surface area contributed by atoms with Gasteiger partial charge in [0.15, 0.2) is 0 Å². The molecule has 0 bridgehead atoms.